The van der Waals surface area contributed by atoms with E-state index in [1.54, 1.807) is 12.2 Å². The lowest BCUT2D eigenvalue weighted by Gasteiger charge is -2.49. The monoisotopic (exact) mass is 557 g/mol. The van der Waals surface area contributed by atoms with Gasteiger partial charge in [-0.1, -0.05) is 11.2 Å². The number of primary amides is 1. The van der Waals surface area contributed by atoms with Crippen LogP contribution < -0.4 is 16.8 Å². The van der Waals surface area contributed by atoms with E-state index < -0.39 is 47.7 Å². The summed E-state index contributed by atoms with van der Waals surface area (Å²) in [5, 5.41) is 15.0. The molecule has 3 amide bonds. The number of nitrogens with zero attached hydrogens (tertiary/aromatic N) is 5. The number of nitrogens with two attached hydrogens (primary N) is 2. The molecule has 0 spiro atoms. The Morgan fingerprint density at radius 3 is 2.73 bits per heavy atom. The number of halogens is 1. The van der Waals surface area contributed by atoms with Crippen LogP contribution in [-0.4, -0.2) is 104 Å². The van der Waals surface area contributed by atoms with Crippen LogP contribution >= 0.6 is 23.3 Å². The van der Waals surface area contributed by atoms with Crippen LogP contribution in [0.2, 0.25) is 0 Å². The Morgan fingerprint density at radius 2 is 2.16 bits per heavy atom. The number of alkyl halides is 1. The Labute approximate surface area is 218 Å². The van der Waals surface area contributed by atoms with Crippen LogP contribution in [0.4, 0.5) is 9.52 Å². The number of likely N-dealkylation sites (N-methyl/N-ethyl adjacent to an activating group) is 1. The number of carboxylic acids is 1. The fourth-order valence-corrected chi connectivity index (χ4v) is 5.47. The van der Waals surface area contributed by atoms with E-state index in [9.17, 15) is 28.7 Å². The van der Waals surface area contributed by atoms with E-state index in [0.29, 0.717) is 23.1 Å². The van der Waals surface area contributed by atoms with Crippen LogP contribution in [0.15, 0.2) is 28.6 Å². The molecule has 37 heavy (non-hydrogen) atoms. The van der Waals surface area contributed by atoms with Gasteiger partial charge in [0.15, 0.2) is 11.7 Å². The van der Waals surface area contributed by atoms with Gasteiger partial charge in [0.05, 0.1) is 20.1 Å². The van der Waals surface area contributed by atoms with Crippen LogP contribution in [0, 0.1) is 0 Å². The molecule has 2 aliphatic rings. The molecule has 2 aliphatic heterocycles. The normalized spacial score (nSPS) is 21.3. The summed E-state index contributed by atoms with van der Waals surface area (Å²) in [4.78, 5) is 58.4. The van der Waals surface area contributed by atoms with Gasteiger partial charge in [0.25, 0.3) is 24.6 Å². The first-order chi connectivity index (χ1) is 17.5. The second-order valence-electron chi connectivity index (χ2n) is 8.32. The summed E-state index contributed by atoms with van der Waals surface area (Å²) in [6, 6.07) is -1.07. The van der Waals surface area contributed by atoms with Crippen molar-refractivity contribution in [1.29, 1.82) is 0 Å². The third kappa shape index (κ3) is 6.23. The molecule has 0 aliphatic carbocycles. The van der Waals surface area contributed by atoms with Gasteiger partial charge in [-0.05, 0) is 18.6 Å². The molecule has 1 aromatic rings. The number of anilines is 1. The van der Waals surface area contributed by atoms with Gasteiger partial charge >= 0.3 is 5.97 Å². The van der Waals surface area contributed by atoms with Crippen LogP contribution in [0.5, 0.6) is 0 Å². The number of oxime groups is 1. The van der Waals surface area contributed by atoms with Crippen molar-refractivity contribution in [2.75, 3.05) is 45.0 Å². The van der Waals surface area contributed by atoms with E-state index in [1.165, 1.54) is 11.8 Å². The second kappa shape index (κ2) is 11.7. The highest BCUT2D eigenvalue weighted by Crippen LogP contribution is 2.40. The zero-order valence-corrected chi connectivity index (χ0v) is 21.6. The predicted octanol–water partition coefficient (Wildman–Crippen LogP) is -0.985. The van der Waals surface area contributed by atoms with E-state index >= 15 is 0 Å². The van der Waals surface area contributed by atoms with E-state index in [0.717, 1.165) is 16.4 Å². The number of nitrogen functional groups attached to an aromatic ring is 1. The number of rotatable bonds is 12. The van der Waals surface area contributed by atoms with Crippen LogP contribution in [0.25, 0.3) is 0 Å². The maximum Gasteiger partial charge on any atom is 0.352 e. The lowest BCUT2D eigenvalue weighted by molar-refractivity contribution is -0.894. The number of carbonyl (C=O) groups is 4. The van der Waals surface area contributed by atoms with Gasteiger partial charge in [0.2, 0.25) is 11.5 Å². The van der Waals surface area contributed by atoms with Crippen molar-refractivity contribution < 1.29 is 38.0 Å². The standard InChI is InChI=1S/C20H25FN8O6S2/c1-3-29(2,7-11(22)30)6-4-5-10-8-36-18-13(17(32)28(18)14(10)19(33)34)24-16(31)12(26-35-9-21)15-25-20(23)37-27-15/h4-5,13,18H,3,6-9H2,1-2H3,(H5-,22,23,24,25,27,30,31,33,34)/p+1/b5-4+,26-12?/t13-,18-,29?/m1/s1. The van der Waals surface area contributed by atoms with Gasteiger partial charge in [-0.15, -0.1) is 11.8 Å². The van der Waals surface area contributed by atoms with Crippen LogP contribution in [0.1, 0.15) is 12.7 Å². The third-order valence-electron chi connectivity index (χ3n) is 5.73. The topological polar surface area (TPSA) is 203 Å². The molecular formula is C20H26FN8O6S2+. The fourth-order valence-electron chi connectivity index (χ4n) is 3.72. The number of β-lactam (4-membered cyclic amide) rings is 1. The summed E-state index contributed by atoms with van der Waals surface area (Å²) in [7, 11) is 1.85. The second-order valence-corrected chi connectivity index (χ2v) is 10.2. The molecule has 1 unspecified atom stereocenters. The number of allylic oxidation sites excluding steroid dienone is 1. The molecular weight excluding hydrogens is 531 g/mol. The average Bonchev–Trinajstić information content (AvgIpc) is 3.27. The molecule has 17 heteroatoms. The zero-order valence-electron chi connectivity index (χ0n) is 19.9. The van der Waals surface area contributed by atoms with Crippen molar-refractivity contribution in [2.45, 2.75) is 18.3 Å². The first-order valence-corrected chi connectivity index (χ1v) is 12.7. The number of aromatic nitrogens is 2. The molecule has 0 saturated carbocycles. The Balaban J connectivity index is 1.76. The smallest absolute Gasteiger partial charge is 0.352 e. The SMILES string of the molecule is CC[N+](C)(C/C=C/C1=C(C(=O)O)N2C(=O)[C@@H](NC(=O)C(=NOCF)c3nsc(N)n3)[C@H]2SC1)CC(N)=O. The number of fused-ring (bicyclic) bond motifs is 1. The number of aliphatic carboxylic acids is 1. The molecule has 3 rings (SSSR count). The number of nitrogens with one attached hydrogen (secondary N) is 1. The lowest BCUT2D eigenvalue weighted by atomic mass is 10.0. The number of hydrogen-bond acceptors (Lipinski definition) is 11. The summed E-state index contributed by atoms with van der Waals surface area (Å²) in [6.07, 6.45) is 3.37. The highest BCUT2D eigenvalue weighted by Gasteiger charge is 2.54. The van der Waals surface area contributed by atoms with Crippen molar-refractivity contribution >= 4 is 57.8 Å². The van der Waals surface area contributed by atoms with Gasteiger partial charge in [0, 0.05) is 17.3 Å². The molecule has 200 valence electrons. The predicted molar refractivity (Wildman–Crippen MR) is 132 cm³/mol. The minimum Gasteiger partial charge on any atom is -0.477 e. The van der Waals surface area contributed by atoms with Gasteiger partial charge in [0.1, 0.15) is 17.1 Å². The fraction of sp³-hybridized carbons (Fsp3) is 0.450. The van der Waals surface area contributed by atoms with E-state index in [2.05, 4.69) is 24.7 Å². The Hall–Kier alpha value is -3.57. The largest absolute Gasteiger partial charge is 0.477 e. The lowest BCUT2D eigenvalue weighted by Crippen LogP contribution is -2.71. The van der Waals surface area contributed by atoms with Crippen molar-refractivity contribution in [3.8, 4) is 0 Å². The molecule has 1 saturated heterocycles. The van der Waals surface area contributed by atoms with Gasteiger partial charge in [-0.2, -0.15) is 9.36 Å². The maximum atomic E-state index is 12.9. The molecule has 3 atom stereocenters. The van der Waals surface area contributed by atoms with Gasteiger partial charge < -0.3 is 31.2 Å². The van der Waals surface area contributed by atoms with Crippen LogP contribution in [-0.2, 0) is 24.0 Å². The molecule has 14 nitrogen and oxygen atoms in total. The van der Waals surface area contributed by atoms with Gasteiger partial charge in [-0.25, -0.2) is 9.18 Å². The maximum absolute atomic E-state index is 12.9. The number of quaternary nitrogens is 1. The number of thioether (sulfide) groups is 1. The highest BCUT2D eigenvalue weighted by molar-refractivity contribution is 8.00. The van der Waals surface area contributed by atoms with Crippen molar-refractivity contribution in [3.63, 3.8) is 0 Å². The van der Waals surface area contributed by atoms with Crippen molar-refractivity contribution in [3.05, 3.63) is 29.2 Å². The Bertz CT molecular complexity index is 1190. The molecule has 3 heterocycles. The number of amides is 3. The van der Waals surface area contributed by atoms with E-state index in [1.807, 2.05) is 14.0 Å². The quantitative estimate of drug-likeness (QED) is 0.107. The van der Waals surface area contributed by atoms with Crippen molar-refractivity contribution in [2.24, 2.45) is 10.9 Å². The number of carbonyl (C=O) groups excluding carboxylic acids is 3. The summed E-state index contributed by atoms with van der Waals surface area (Å²) in [5.41, 5.74) is 10.6. The van der Waals surface area contributed by atoms with Crippen molar-refractivity contribution in [1.82, 2.24) is 19.6 Å². The first kappa shape index (κ1) is 28.0. The van der Waals surface area contributed by atoms with Crippen LogP contribution in [0.3, 0.4) is 0 Å². The minimum atomic E-state index is -1.31. The summed E-state index contributed by atoms with van der Waals surface area (Å²) in [6.45, 7) is 1.78. The number of carboxylic acid groups (broad SMARTS) is 1. The molecule has 1 aromatic heterocycles. The Kier molecular flexibility index (Phi) is 8.82. The molecule has 0 aromatic carbocycles. The zero-order chi connectivity index (χ0) is 27.3. The third-order valence-corrected chi connectivity index (χ3v) is 7.57. The van der Waals surface area contributed by atoms with Gasteiger partial charge in [-0.3, -0.25) is 19.3 Å². The molecule has 1 fully saturated rings. The summed E-state index contributed by atoms with van der Waals surface area (Å²) in [5.74, 6) is -3.26. The average molecular weight is 558 g/mol. The van der Waals surface area contributed by atoms with E-state index in [-0.39, 0.29) is 29.0 Å². The molecule has 0 bridgehead atoms. The summed E-state index contributed by atoms with van der Waals surface area (Å²) >= 11 is 2.04. The molecule has 6 N–H and O–H groups in total. The van der Waals surface area contributed by atoms with E-state index in [4.69, 9.17) is 11.5 Å². The first-order valence-electron chi connectivity index (χ1n) is 10.9. The summed E-state index contributed by atoms with van der Waals surface area (Å²) < 4.78 is 16.7. The minimum absolute atomic E-state index is 0.0361. The number of hydrogen-bond donors (Lipinski definition) is 4. The molecule has 0 radical (unpaired) electrons. The Morgan fingerprint density at radius 1 is 1.43 bits per heavy atom. The highest BCUT2D eigenvalue weighted by atomic mass is 32.2.